The van der Waals surface area contributed by atoms with Gasteiger partial charge in [-0.05, 0) is 62.1 Å². The van der Waals surface area contributed by atoms with E-state index in [-0.39, 0.29) is 29.3 Å². The number of aliphatic imine (C=N–C) groups is 1. The Morgan fingerprint density at radius 3 is 2.59 bits per heavy atom. The van der Waals surface area contributed by atoms with Crippen molar-refractivity contribution in [3.8, 4) is 11.5 Å². The summed E-state index contributed by atoms with van der Waals surface area (Å²) in [5, 5.41) is 0. The average Bonchev–Trinajstić information content (AvgIpc) is 2.74. The first-order valence-electron chi connectivity index (χ1n) is 9.93. The zero-order valence-corrected chi connectivity index (χ0v) is 18.7. The third kappa shape index (κ3) is 4.81. The van der Waals surface area contributed by atoms with Gasteiger partial charge in [-0.15, -0.1) is 17.0 Å². The van der Waals surface area contributed by atoms with E-state index >= 15 is 0 Å². The van der Waals surface area contributed by atoms with Crippen LogP contribution in [0.25, 0.3) is 0 Å². The molecule has 6 heteroatoms. The van der Waals surface area contributed by atoms with Crippen LogP contribution in [0.2, 0.25) is 0 Å². The van der Waals surface area contributed by atoms with Crippen LogP contribution in [0.15, 0.2) is 41.4 Å². The molecule has 2 aliphatic heterocycles. The first-order valence-corrected chi connectivity index (χ1v) is 9.93. The summed E-state index contributed by atoms with van der Waals surface area (Å²) >= 11 is 0. The van der Waals surface area contributed by atoms with Crippen molar-refractivity contribution in [3.05, 3.63) is 53.1 Å². The molecular formula is C23H27BrN2O3. The van der Waals surface area contributed by atoms with Crippen molar-refractivity contribution in [1.82, 2.24) is 0 Å². The average molecular weight is 459 g/mol. The Balaban J connectivity index is 0.00000240. The Morgan fingerprint density at radius 1 is 1.03 bits per heavy atom. The van der Waals surface area contributed by atoms with Crippen molar-refractivity contribution in [2.75, 3.05) is 31.2 Å². The lowest BCUT2D eigenvalue weighted by molar-refractivity contribution is 0.100. The number of Topliss-reactive ketones (excluding diaryl/α,β-unsaturated/α-hetero) is 1. The lowest BCUT2D eigenvalue weighted by atomic mass is 10.0. The van der Waals surface area contributed by atoms with Crippen LogP contribution in [0.1, 0.15) is 40.7 Å². The number of nitrogens with zero attached hydrogens (tertiary/aromatic N) is 2. The smallest absolute Gasteiger partial charge is 0.182 e. The highest BCUT2D eigenvalue weighted by Crippen LogP contribution is 2.31. The van der Waals surface area contributed by atoms with E-state index in [1.807, 2.05) is 12.1 Å². The molecule has 4 rings (SSSR count). The maximum atomic E-state index is 13.2. The van der Waals surface area contributed by atoms with Gasteiger partial charge in [0.05, 0.1) is 6.54 Å². The first-order chi connectivity index (χ1) is 13.6. The van der Waals surface area contributed by atoms with Gasteiger partial charge in [-0.1, -0.05) is 12.1 Å². The van der Waals surface area contributed by atoms with Crippen molar-refractivity contribution >= 4 is 34.3 Å². The van der Waals surface area contributed by atoms with Crippen molar-refractivity contribution in [1.29, 1.82) is 0 Å². The predicted molar refractivity (Wildman–Crippen MR) is 121 cm³/mol. The molecule has 29 heavy (non-hydrogen) atoms. The number of aryl methyl sites for hydroxylation is 2. The minimum absolute atomic E-state index is 0. The van der Waals surface area contributed by atoms with Gasteiger partial charge in [0.1, 0.15) is 19.0 Å². The Hall–Kier alpha value is -2.34. The number of amidine groups is 1. The number of halogens is 1. The Bertz CT molecular complexity index is 926. The molecule has 0 spiro atoms. The van der Waals surface area contributed by atoms with Crippen LogP contribution in [0.4, 0.5) is 5.69 Å². The van der Waals surface area contributed by atoms with E-state index in [2.05, 4.69) is 36.9 Å². The van der Waals surface area contributed by atoms with E-state index in [9.17, 15) is 4.79 Å². The molecule has 0 bridgehead atoms. The molecule has 0 atom stereocenters. The number of carbonyl (C=O) groups is 1. The fraction of sp³-hybridized carbons (Fsp3) is 0.391. The molecule has 0 amide bonds. The summed E-state index contributed by atoms with van der Waals surface area (Å²) in [5.41, 5.74) is 4.02. The van der Waals surface area contributed by atoms with Crippen molar-refractivity contribution in [3.63, 3.8) is 0 Å². The zero-order valence-electron chi connectivity index (χ0n) is 16.9. The molecule has 0 aliphatic carbocycles. The minimum Gasteiger partial charge on any atom is -0.486 e. The number of carbonyl (C=O) groups excluding carboxylic acids is 1. The molecule has 0 fully saturated rings. The van der Waals surface area contributed by atoms with E-state index in [1.54, 1.807) is 6.07 Å². The van der Waals surface area contributed by atoms with Gasteiger partial charge in [0.2, 0.25) is 0 Å². The summed E-state index contributed by atoms with van der Waals surface area (Å²) < 4.78 is 11.2. The number of rotatable bonds is 4. The molecule has 2 aromatic carbocycles. The van der Waals surface area contributed by atoms with Crippen molar-refractivity contribution in [2.45, 2.75) is 33.1 Å². The van der Waals surface area contributed by atoms with Gasteiger partial charge in [-0.3, -0.25) is 9.79 Å². The molecule has 0 radical (unpaired) electrons. The van der Waals surface area contributed by atoms with Crippen LogP contribution in [0, 0.1) is 13.8 Å². The van der Waals surface area contributed by atoms with Crippen LogP contribution in [-0.4, -0.2) is 37.9 Å². The molecule has 2 heterocycles. The van der Waals surface area contributed by atoms with E-state index in [0.29, 0.717) is 30.3 Å². The summed E-state index contributed by atoms with van der Waals surface area (Å²) in [7, 11) is 0. The number of benzene rings is 2. The van der Waals surface area contributed by atoms with Gasteiger partial charge >= 0.3 is 0 Å². The monoisotopic (exact) mass is 458 g/mol. The van der Waals surface area contributed by atoms with Gasteiger partial charge in [-0.2, -0.15) is 0 Å². The maximum absolute atomic E-state index is 13.2. The van der Waals surface area contributed by atoms with Crippen LogP contribution in [0.3, 0.4) is 0 Å². The number of fused-ring (bicyclic) bond motifs is 1. The lowest BCUT2D eigenvalue weighted by Gasteiger charge is -2.29. The highest BCUT2D eigenvalue weighted by molar-refractivity contribution is 8.93. The highest BCUT2D eigenvalue weighted by Gasteiger charge is 2.22. The summed E-state index contributed by atoms with van der Waals surface area (Å²) in [6, 6.07) is 11.8. The van der Waals surface area contributed by atoms with Crippen LogP contribution in [-0.2, 0) is 0 Å². The maximum Gasteiger partial charge on any atom is 0.182 e. The predicted octanol–water partition coefficient (Wildman–Crippen LogP) is 4.92. The van der Waals surface area contributed by atoms with Gasteiger partial charge in [0, 0.05) is 24.2 Å². The molecule has 154 valence electrons. The molecule has 0 saturated carbocycles. The SMILES string of the molecule is Br.Cc1ccc(C)c(N(CC(=O)c2ccc3c(c2)OCCO3)C2=NCCCC2)c1. The molecule has 5 nitrogen and oxygen atoms in total. The normalized spacial score (nSPS) is 15.2. The Labute approximate surface area is 182 Å². The van der Waals surface area contributed by atoms with E-state index < -0.39 is 0 Å². The van der Waals surface area contributed by atoms with Crippen molar-refractivity contribution in [2.24, 2.45) is 4.99 Å². The second-order valence-corrected chi connectivity index (χ2v) is 7.41. The Kier molecular flexibility index (Phi) is 6.96. The molecule has 0 unspecified atom stereocenters. The third-order valence-electron chi connectivity index (χ3n) is 5.24. The molecule has 2 aliphatic rings. The van der Waals surface area contributed by atoms with E-state index in [1.165, 1.54) is 5.56 Å². The van der Waals surface area contributed by atoms with Gasteiger partial charge in [-0.25, -0.2) is 0 Å². The number of ether oxygens (including phenoxy) is 2. The highest BCUT2D eigenvalue weighted by atomic mass is 79.9. The summed E-state index contributed by atoms with van der Waals surface area (Å²) in [6.45, 7) is 6.31. The second-order valence-electron chi connectivity index (χ2n) is 7.41. The van der Waals surface area contributed by atoms with Crippen LogP contribution < -0.4 is 14.4 Å². The molecule has 0 saturated heterocycles. The number of hydrogen-bond acceptors (Lipinski definition) is 5. The topological polar surface area (TPSA) is 51.1 Å². The van der Waals surface area contributed by atoms with Crippen LogP contribution >= 0.6 is 17.0 Å². The number of hydrogen-bond donors (Lipinski definition) is 0. The van der Waals surface area contributed by atoms with Gasteiger partial charge in [0.25, 0.3) is 0 Å². The quantitative estimate of drug-likeness (QED) is 0.609. The van der Waals surface area contributed by atoms with Gasteiger partial charge < -0.3 is 14.4 Å². The number of anilines is 1. The Morgan fingerprint density at radius 2 is 1.83 bits per heavy atom. The standard InChI is InChI=1S/C23H26N2O3.BrH/c1-16-6-7-17(2)19(13-16)25(23-5-3-4-10-24-23)15-20(26)18-8-9-21-22(14-18)28-12-11-27-21;/h6-9,13-14H,3-5,10-12,15H2,1-2H3;1H. The second kappa shape index (κ2) is 9.44. The van der Waals surface area contributed by atoms with E-state index in [4.69, 9.17) is 14.5 Å². The van der Waals surface area contributed by atoms with E-state index in [0.717, 1.165) is 42.9 Å². The molecule has 0 aromatic heterocycles. The van der Waals surface area contributed by atoms with Crippen molar-refractivity contribution < 1.29 is 14.3 Å². The number of ketones is 1. The molecular weight excluding hydrogens is 432 g/mol. The summed E-state index contributed by atoms with van der Waals surface area (Å²) in [4.78, 5) is 20.0. The van der Waals surface area contributed by atoms with Crippen LogP contribution in [0.5, 0.6) is 11.5 Å². The molecule has 0 N–H and O–H groups in total. The first kappa shape index (κ1) is 21.4. The van der Waals surface area contributed by atoms with Gasteiger partial charge in [0.15, 0.2) is 17.3 Å². The third-order valence-corrected chi connectivity index (χ3v) is 5.24. The fourth-order valence-electron chi connectivity index (χ4n) is 3.68. The lowest BCUT2D eigenvalue weighted by Crippen LogP contribution is -2.37. The zero-order chi connectivity index (χ0) is 19.5. The largest absolute Gasteiger partial charge is 0.486 e. The summed E-state index contributed by atoms with van der Waals surface area (Å²) in [6.07, 6.45) is 3.13. The summed E-state index contributed by atoms with van der Waals surface area (Å²) in [5.74, 6) is 2.40. The minimum atomic E-state index is 0. The molecule has 2 aromatic rings. The fourth-order valence-corrected chi connectivity index (χ4v) is 3.68.